The molecule has 4 heterocycles. The smallest absolute Gasteiger partial charge is 0.339 e. The minimum absolute atomic E-state index is 0.249. The first-order chi connectivity index (χ1) is 16.1. The molecule has 0 aliphatic rings. The molecule has 0 bridgehead atoms. The third-order valence-electron chi connectivity index (χ3n) is 5.01. The number of nitrogens with zero attached hydrogens (tertiary/aromatic N) is 5. The Hall–Kier alpha value is -4.73. The second-order valence-corrected chi connectivity index (χ2v) is 7.17. The molecule has 1 amide bonds. The molecule has 5 rings (SSSR count). The number of ether oxygens (including phenoxy) is 1. The minimum Gasteiger partial charge on any atom is -0.449 e. The summed E-state index contributed by atoms with van der Waals surface area (Å²) in [6, 6.07) is 12.5. The van der Waals surface area contributed by atoms with Crippen molar-refractivity contribution in [1.82, 2.24) is 29.9 Å². The van der Waals surface area contributed by atoms with E-state index >= 15 is 0 Å². The van der Waals surface area contributed by atoms with E-state index in [0.29, 0.717) is 33.3 Å². The van der Waals surface area contributed by atoms with Crippen LogP contribution in [0.5, 0.6) is 0 Å². The van der Waals surface area contributed by atoms with Crippen LogP contribution in [0.3, 0.4) is 0 Å². The van der Waals surface area contributed by atoms with Crippen LogP contribution in [0, 0.1) is 0 Å². The molecule has 0 radical (unpaired) electrons. The average molecular weight is 439 g/mol. The van der Waals surface area contributed by atoms with Gasteiger partial charge in [-0.25, -0.2) is 24.7 Å². The summed E-state index contributed by atoms with van der Waals surface area (Å²) in [6.45, 7) is 1.49. The Morgan fingerprint density at radius 2 is 1.97 bits per heavy atom. The van der Waals surface area contributed by atoms with E-state index in [1.165, 1.54) is 19.6 Å². The highest BCUT2D eigenvalue weighted by molar-refractivity contribution is 6.06. The molecule has 0 saturated carbocycles. The van der Waals surface area contributed by atoms with Crippen molar-refractivity contribution >= 4 is 39.8 Å². The highest BCUT2D eigenvalue weighted by atomic mass is 16.5. The van der Waals surface area contributed by atoms with Crippen LogP contribution in [0.15, 0.2) is 67.5 Å². The number of esters is 1. The van der Waals surface area contributed by atoms with Gasteiger partial charge in [0.2, 0.25) is 0 Å². The van der Waals surface area contributed by atoms with Crippen molar-refractivity contribution in [2.75, 3.05) is 5.32 Å². The lowest BCUT2D eigenvalue weighted by Crippen LogP contribution is -2.30. The SMILES string of the molecule is CC(OC(=O)c1cc(-c2cccnc2)nc2ccccc12)C(=O)Nc1ncnc2nc[nH]c12. The molecule has 162 valence electrons. The zero-order valence-corrected chi connectivity index (χ0v) is 17.4. The topological polar surface area (TPSA) is 136 Å². The Balaban J connectivity index is 1.41. The van der Waals surface area contributed by atoms with Crippen LogP contribution in [0.4, 0.5) is 5.82 Å². The fourth-order valence-corrected chi connectivity index (χ4v) is 3.36. The Morgan fingerprint density at radius 3 is 2.82 bits per heavy atom. The molecule has 4 aromatic heterocycles. The lowest BCUT2D eigenvalue weighted by Gasteiger charge is -2.15. The molecular weight excluding hydrogens is 422 g/mol. The zero-order valence-electron chi connectivity index (χ0n) is 17.4. The molecule has 0 saturated heterocycles. The number of hydrogen-bond acceptors (Lipinski definition) is 8. The number of amides is 1. The molecule has 5 aromatic rings. The summed E-state index contributed by atoms with van der Waals surface area (Å²) in [6.07, 6.45) is 4.99. The van der Waals surface area contributed by atoms with E-state index < -0.39 is 18.0 Å². The molecule has 1 atom stereocenters. The second kappa shape index (κ2) is 8.42. The largest absolute Gasteiger partial charge is 0.449 e. The number of carbonyl (C=O) groups is 2. The first kappa shape index (κ1) is 20.2. The lowest BCUT2D eigenvalue weighted by atomic mass is 10.0. The van der Waals surface area contributed by atoms with Gasteiger partial charge in [0.15, 0.2) is 17.6 Å². The Bertz CT molecular complexity index is 1480. The van der Waals surface area contributed by atoms with E-state index in [4.69, 9.17) is 4.74 Å². The number of hydrogen-bond donors (Lipinski definition) is 2. The van der Waals surface area contributed by atoms with E-state index in [1.54, 1.807) is 30.6 Å². The fourth-order valence-electron chi connectivity index (χ4n) is 3.36. The number of aromatic nitrogens is 6. The quantitative estimate of drug-likeness (QED) is 0.399. The van der Waals surface area contributed by atoms with Gasteiger partial charge in [0, 0.05) is 23.3 Å². The standard InChI is InChI=1S/C23H17N7O3/c1-13(22(31)30-21-19-20(26-11-25-19)27-12-28-21)33-23(32)16-9-18(14-5-4-8-24-10-14)29-17-7-3-2-6-15(16)17/h2-13H,1H3,(H2,25,26,27,28,30,31). The van der Waals surface area contributed by atoms with Gasteiger partial charge in [-0.3, -0.25) is 9.78 Å². The average Bonchev–Trinajstić information content (AvgIpc) is 3.34. The molecule has 0 aliphatic heterocycles. The molecule has 0 spiro atoms. The van der Waals surface area contributed by atoms with E-state index in [0.717, 1.165) is 5.56 Å². The fraction of sp³-hybridized carbons (Fsp3) is 0.0870. The Morgan fingerprint density at radius 1 is 1.09 bits per heavy atom. The number of benzene rings is 1. The molecule has 0 fully saturated rings. The number of H-pyrrole nitrogens is 1. The van der Waals surface area contributed by atoms with Crippen LogP contribution in [0.2, 0.25) is 0 Å². The Labute approximate surface area is 187 Å². The molecule has 0 aliphatic carbocycles. The third-order valence-corrected chi connectivity index (χ3v) is 5.01. The Kier molecular flexibility index (Phi) is 5.15. The van der Waals surface area contributed by atoms with Crippen LogP contribution in [0.1, 0.15) is 17.3 Å². The van der Waals surface area contributed by atoms with Crippen molar-refractivity contribution in [1.29, 1.82) is 0 Å². The summed E-state index contributed by atoms with van der Waals surface area (Å²) < 4.78 is 5.50. The molecule has 10 heteroatoms. The van der Waals surface area contributed by atoms with Gasteiger partial charge < -0.3 is 15.0 Å². The predicted molar refractivity (Wildman–Crippen MR) is 120 cm³/mol. The van der Waals surface area contributed by atoms with Gasteiger partial charge in [-0.1, -0.05) is 18.2 Å². The number of para-hydroxylation sites is 1. The molecule has 2 N–H and O–H groups in total. The summed E-state index contributed by atoms with van der Waals surface area (Å²) in [5.41, 5.74) is 3.16. The first-order valence-electron chi connectivity index (χ1n) is 10.1. The van der Waals surface area contributed by atoms with Crippen LogP contribution >= 0.6 is 0 Å². The number of anilines is 1. The van der Waals surface area contributed by atoms with Gasteiger partial charge in [-0.05, 0) is 31.2 Å². The maximum absolute atomic E-state index is 13.1. The monoisotopic (exact) mass is 439 g/mol. The van der Waals surface area contributed by atoms with E-state index in [1.807, 2.05) is 24.3 Å². The third kappa shape index (κ3) is 3.97. The summed E-state index contributed by atoms with van der Waals surface area (Å²) in [4.78, 5) is 49.5. The van der Waals surface area contributed by atoms with Crippen molar-refractivity contribution in [2.45, 2.75) is 13.0 Å². The zero-order chi connectivity index (χ0) is 22.8. The summed E-state index contributed by atoms with van der Waals surface area (Å²) >= 11 is 0. The van der Waals surface area contributed by atoms with Crippen LogP contribution < -0.4 is 5.32 Å². The summed E-state index contributed by atoms with van der Waals surface area (Å²) in [5.74, 6) is -0.932. The number of pyridine rings is 2. The maximum Gasteiger partial charge on any atom is 0.339 e. The predicted octanol–water partition coefficient (Wildman–Crippen LogP) is 3.15. The lowest BCUT2D eigenvalue weighted by molar-refractivity contribution is -0.123. The van der Waals surface area contributed by atoms with Crippen LogP contribution in [-0.4, -0.2) is 47.9 Å². The van der Waals surface area contributed by atoms with Crippen LogP contribution in [0.25, 0.3) is 33.3 Å². The number of aromatic amines is 1. The minimum atomic E-state index is -1.08. The first-order valence-corrected chi connectivity index (χ1v) is 10.1. The van der Waals surface area contributed by atoms with Gasteiger partial charge in [0.25, 0.3) is 5.91 Å². The molecule has 33 heavy (non-hydrogen) atoms. The van der Waals surface area contributed by atoms with E-state index in [-0.39, 0.29) is 5.82 Å². The number of rotatable bonds is 5. The van der Waals surface area contributed by atoms with Gasteiger partial charge in [0.1, 0.15) is 11.8 Å². The molecule has 10 nitrogen and oxygen atoms in total. The van der Waals surface area contributed by atoms with Crippen molar-refractivity contribution in [3.05, 3.63) is 73.1 Å². The van der Waals surface area contributed by atoms with E-state index in [2.05, 4.69) is 35.2 Å². The number of imidazole rings is 1. The summed E-state index contributed by atoms with van der Waals surface area (Å²) in [7, 11) is 0. The number of nitrogens with one attached hydrogen (secondary N) is 2. The van der Waals surface area contributed by atoms with Gasteiger partial charge in [-0.15, -0.1) is 0 Å². The molecule has 1 aromatic carbocycles. The van der Waals surface area contributed by atoms with Gasteiger partial charge in [-0.2, -0.15) is 0 Å². The van der Waals surface area contributed by atoms with Crippen LogP contribution in [-0.2, 0) is 9.53 Å². The highest BCUT2D eigenvalue weighted by Crippen LogP contribution is 2.25. The maximum atomic E-state index is 13.1. The van der Waals surface area contributed by atoms with Gasteiger partial charge in [0.05, 0.1) is 23.1 Å². The summed E-state index contributed by atoms with van der Waals surface area (Å²) in [5, 5.41) is 3.27. The molecular formula is C23H17N7O3. The second-order valence-electron chi connectivity index (χ2n) is 7.17. The van der Waals surface area contributed by atoms with Crippen molar-refractivity contribution in [3.8, 4) is 11.3 Å². The van der Waals surface area contributed by atoms with E-state index in [9.17, 15) is 9.59 Å². The van der Waals surface area contributed by atoms with Crippen molar-refractivity contribution in [2.24, 2.45) is 0 Å². The highest BCUT2D eigenvalue weighted by Gasteiger charge is 2.23. The van der Waals surface area contributed by atoms with Gasteiger partial charge >= 0.3 is 5.97 Å². The number of fused-ring (bicyclic) bond motifs is 2. The number of carbonyl (C=O) groups excluding carboxylic acids is 2. The van der Waals surface area contributed by atoms with Crippen molar-refractivity contribution < 1.29 is 14.3 Å². The molecule has 1 unspecified atom stereocenters. The van der Waals surface area contributed by atoms with Crippen molar-refractivity contribution in [3.63, 3.8) is 0 Å². The normalized spacial score (nSPS) is 11.9.